The summed E-state index contributed by atoms with van der Waals surface area (Å²) in [6.45, 7) is 5.71. The predicted molar refractivity (Wildman–Crippen MR) is 111 cm³/mol. The summed E-state index contributed by atoms with van der Waals surface area (Å²) in [4.78, 5) is 41.8. The van der Waals surface area contributed by atoms with Gasteiger partial charge in [0.25, 0.3) is 0 Å². The van der Waals surface area contributed by atoms with Crippen molar-refractivity contribution in [3.05, 3.63) is 24.3 Å². The Morgan fingerprint density at radius 2 is 1.76 bits per heavy atom. The molecule has 7 nitrogen and oxygen atoms in total. The highest BCUT2D eigenvalue weighted by Crippen LogP contribution is 2.27. The zero-order valence-corrected chi connectivity index (χ0v) is 17.5. The van der Waals surface area contributed by atoms with Gasteiger partial charge in [-0.15, -0.1) is 0 Å². The van der Waals surface area contributed by atoms with Crippen molar-refractivity contribution < 1.29 is 19.1 Å². The van der Waals surface area contributed by atoms with Crippen molar-refractivity contribution in [2.24, 2.45) is 11.8 Å². The van der Waals surface area contributed by atoms with Crippen LogP contribution in [0.5, 0.6) is 5.75 Å². The van der Waals surface area contributed by atoms with Crippen molar-refractivity contribution in [2.75, 3.05) is 31.6 Å². The van der Waals surface area contributed by atoms with E-state index in [-0.39, 0.29) is 30.1 Å². The molecule has 2 fully saturated rings. The molecule has 29 heavy (non-hydrogen) atoms. The number of piperidine rings is 1. The number of amides is 3. The summed E-state index contributed by atoms with van der Waals surface area (Å²) >= 11 is 0. The number of likely N-dealkylation sites (tertiary alicyclic amines) is 1. The molecule has 158 valence electrons. The fourth-order valence-electron chi connectivity index (χ4n) is 3.99. The fourth-order valence-corrected chi connectivity index (χ4v) is 3.99. The second-order valence-electron chi connectivity index (χ2n) is 8.22. The van der Waals surface area contributed by atoms with Gasteiger partial charge in [-0.05, 0) is 49.4 Å². The summed E-state index contributed by atoms with van der Waals surface area (Å²) in [5, 5.41) is 2.94. The monoisotopic (exact) mass is 401 g/mol. The zero-order valence-electron chi connectivity index (χ0n) is 17.5. The molecule has 2 aliphatic heterocycles. The van der Waals surface area contributed by atoms with Gasteiger partial charge in [0.15, 0.2) is 0 Å². The van der Waals surface area contributed by atoms with Crippen LogP contribution in [-0.4, -0.2) is 55.4 Å². The van der Waals surface area contributed by atoms with E-state index < -0.39 is 12.0 Å². The molecular formula is C22H31N3O4. The number of nitrogens with one attached hydrogen (secondary N) is 1. The molecule has 1 aromatic carbocycles. The largest absolute Gasteiger partial charge is 0.497 e. The normalized spacial score (nSPS) is 20.7. The first-order valence-corrected chi connectivity index (χ1v) is 10.4. The minimum absolute atomic E-state index is 0.00983. The van der Waals surface area contributed by atoms with Crippen LogP contribution in [0.15, 0.2) is 24.3 Å². The van der Waals surface area contributed by atoms with Crippen LogP contribution in [0.4, 0.5) is 5.69 Å². The molecule has 3 rings (SSSR count). The lowest BCUT2D eigenvalue weighted by atomic mass is 9.99. The van der Waals surface area contributed by atoms with E-state index in [4.69, 9.17) is 4.74 Å². The second-order valence-corrected chi connectivity index (χ2v) is 8.22. The number of anilines is 1. The highest BCUT2D eigenvalue weighted by atomic mass is 16.5. The molecule has 3 amide bonds. The molecule has 2 saturated heterocycles. The molecule has 2 atom stereocenters. The molecule has 1 unspecified atom stereocenters. The lowest BCUT2D eigenvalue weighted by molar-refractivity contribution is -0.139. The Balaban J connectivity index is 1.64. The molecule has 0 aromatic heterocycles. The van der Waals surface area contributed by atoms with E-state index in [2.05, 4.69) is 5.32 Å². The van der Waals surface area contributed by atoms with Crippen LogP contribution < -0.4 is 15.0 Å². The Hall–Kier alpha value is -2.57. The van der Waals surface area contributed by atoms with Gasteiger partial charge in [0.2, 0.25) is 17.7 Å². The van der Waals surface area contributed by atoms with Gasteiger partial charge in [-0.25, -0.2) is 0 Å². The Morgan fingerprint density at radius 3 is 2.34 bits per heavy atom. The number of hydrogen-bond donors (Lipinski definition) is 1. The van der Waals surface area contributed by atoms with Crippen LogP contribution in [0.1, 0.15) is 39.5 Å². The first-order valence-electron chi connectivity index (χ1n) is 10.4. The third kappa shape index (κ3) is 4.89. The van der Waals surface area contributed by atoms with Crippen LogP contribution in [0.3, 0.4) is 0 Å². The first kappa shape index (κ1) is 21.1. The van der Waals surface area contributed by atoms with Crippen molar-refractivity contribution in [3.8, 4) is 5.75 Å². The summed E-state index contributed by atoms with van der Waals surface area (Å²) in [6, 6.07) is 6.66. The summed E-state index contributed by atoms with van der Waals surface area (Å²) in [7, 11) is 1.59. The van der Waals surface area contributed by atoms with Gasteiger partial charge in [0, 0.05) is 31.7 Å². The smallest absolute Gasteiger partial charge is 0.245 e. The third-order valence-electron chi connectivity index (χ3n) is 5.78. The standard InChI is InChI=1S/C22H31N3O4/c1-15(2)20(22(28)24-11-5-4-6-12-24)23-21(27)16-13-19(26)25(14-16)17-7-9-18(29-3)10-8-17/h7-10,15-16,20H,4-6,11-14H2,1-3H3,(H,23,27)/t16?,20-/m1/s1. The topological polar surface area (TPSA) is 79.0 Å². The molecule has 0 spiro atoms. The van der Waals surface area contributed by atoms with Gasteiger partial charge < -0.3 is 19.9 Å². The van der Waals surface area contributed by atoms with E-state index in [1.807, 2.05) is 30.9 Å². The van der Waals surface area contributed by atoms with Crippen LogP contribution in [-0.2, 0) is 14.4 Å². The second kappa shape index (κ2) is 9.29. The van der Waals surface area contributed by atoms with Crippen molar-refractivity contribution in [2.45, 2.75) is 45.6 Å². The molecule has 7 heteroatoms. The number of nitrogens with zero attached hydrogens (tertiary/aromatic N) is 2. The van der Waals surface area contributed by atoms with E-state index in [0.717, 1.165) is 38.0 Å². The number of methoxy groups -OCH3 is 1. The van der Waals surface area contributed by atoms with E-state index in [0.29, 0.717) is 12.3 Å². The molecule has 1 N–H and O–H groups in total. The van der Waals surface area contributed by atoms with Crippen molar-refractivity contribution in [1.29, 1.82) is 0 Å². The Morgan fingerprint density at radius 1 is 1.10 bits per heavy atom. The highest BCUT2D eigenvalue weighted by molar-refractivity contribution is 6.01. The molecule has 2 heterocycles. The van der Waals surface area contributed by atoms with Crippen molar-refractivity contribution in [3.63, 3.8) is 0 Å². The number of carbonyl (C=O) groups excluding carboxylic acids is 3. The van der Waals surface area contributed by atoms with Gasteiger partial charge in [0.05, 0.1) is 13.0 Å². The zero-order chi connectivity index (χ0) is 21.0. The minimum atomic E-state index is -0.550. The fraction of sp³-hybridized carbons (Fsp3) is 0.591. The number of ether oxygens (including phenoxy) is 1. The Bertz CT molecular complexity index is 741. The van der Waals surface area contributed by atoms with Crippen LogP contribution in [0, 0.1) is 11.8 Å². The number of rotatable bonds is 6. The minimum Gasteiger partial charge on any atom is -0.497 e. The van der Waals surface area contributed by atoms with Crippen LogP contribution in [0.25, 0.3) is 0 Å². The first-order chi connectivity index (χ1) is 13.9. The molecule has 2 aliphatic rings. The van der Waals surface area contributed by atoms with E-state index >= 15 is 0 Å². The van der Waals surface area contributed by atoms with Gasteiger partial charge in [-0.3, -0.25) is 14.4 Å². The maximum absolute atomic E-state index is 12.9. The van der Waals surface area contributed by atoms with E-state index in [9.17, 15) is 14.4 Å². The summed E-state index contributed by atoms with van der Waals surface area (Å²) in [5.74, 6) is -0.0737. The molecule has 0 saturated carbocycles. The Labute approximate surface area is 172 Å². The van der Waals surface area contributed by atoms with Gasteiger partial charge >= 0.3 is 0 Å². The van der Waals surface area contributed by atoms with Crippen LogP contribution >= 0.6 is 0 Å². The van der Waals surface area contributed by atoms with Crippen molar-refractivity contribution in [1.82, 2.24) is 10.2 Å². The molecule has 1 aromatic rings. The third-order valence-corrected chi connectivity index (χ3v) is 5.78. The molecular weight excluding hydrogens is 370 g/mol. The maximum atomic E-state index is 12.9. The average molecular weight is 402 g/mol. The van der Waals surface area contributed by atoms with Gasteiger partial charge in [-0.2, -0.15) is 0 Å². The average Bonchev–Trinajstić information content (AvgIpc) is 3.13. The summed E-state index contributed by atoms with van der Waals surface area (Å²) < 4.78 is 5.15. The molecule has 0 aliphatic carbocycles. The van der Waals surface area contributed by atoms with Crippen LogP contribution in [0.2, 0.25) is 0 Å². The number of hydrogen-bond acceptors (Lipinski definition) is 4. The van der Waals surface area contributed by atoms with Gasteiger partial charge in [-0.1, -0.05) is 13.8 Å². The highest BCUT2D eigenvalue weighted by Gasteiger charge is 2.38. The Kier molecular flexibility index (Phi) is 6.77. The van der Waals surface area contributed by atoms with E-state index in [1.54, 1.807) is 24.1 Å². The molecule has 0 bridgehead atoms. The van der Waals surface area contributed by atoms with Gasteiger partial charge in [0.1, 0.15) is 11.8 Å². The molecule has 0 radical (unpaired) electrons. The predicted octanol–water partition coefficient (Wildman–Crippen LogP) is 2.20. The summed E-state index contributed by atoms with van der Waals surface area (Å²) in [6.07, 6.45) is 3.32. The maximum Gasteiger partial charge on any atom is 0.245 e. The number of benzene rings is 1. The van der Waals surface area contributed by atoms with Crippen molar-refractivity contribution >= 4 is 23.4 Å². The lowest BCUT2D eigenvalue weighted by Gasteiger charge is -2.32. The quantitative estimate of drug-likeness (QED) is 0.793. The SMILES string of the molecule is COc1ccc(N2CC(C(=O)N[C@@H](C(=O)N3CCCCC3)C(C)C)CC2=O)cc1. The number of carbonyl (C=O) groups is 3. The van der Waals surface area contributed by atoms with E-state index in [1.165, 1.54) is 0 Å². The summed E-state index contributed by atoms with van der Waals surface area (Å²) in [5.41, 5.74) is 0.746. The lowest BCUT2D eigenvalue weighted by Crippen LogP contribution is -2.53.